The van der Waals surface area contributed by atoms with Crippen molar-refractivity contribution in [3.63, 3.8) is 0 Å². The largest absolute Gasteiger partial charge is 0.455 e. The lowest BCUT2D eigenvalue weighted by Gasteiger charge is -2.32. The van der Waals surface area contributed by atoms with Crippen LogP contribution in [0, 0.1) is 0 Å². The summed E-state index contributed by atoms with van der Waals surface area (Å²) in [7, 11) is -1.50. The van der Waals surface area contributed by atoms with Crippen molar-refractivity contribution >= 4 is 40.9 Å². The monoisotopic (exact) mass is 539 g/mol. The van der Waals surface area contributed by atoms with Gasteiger partial charge < -0.3 is 4.42 Å². The Kier molecular flexibility index (Phi) is 5.79. The maximum Gasteiger partial charge on any atom is 0.213 e. The first kappa shape index (κ1) is 25.0. The van der Waals surface area contributed by atoms with Gasteiger partial charge in [-0.25, -0.2) is 0 Å². The fourth-order valence-electron chi connectivity index (χ4n) is 6.80. The number of allylic oxidation sites excluding steroid dienone is 2. The van der Waals surface area contributed by atoms with Crippen LogP contribution in [0.3, 0.4) is 0 Å². The second-order valence-electron chi connectivity index (χ2n) is 12.3. The molecule has 198 valence electrons. The van der Waals surface area contributed by atoms with Crippen LogP contribution < -0.4 is 9.75 Å². The van der Waals surface area contributed by atoms with E-state index in [-0.39, 0.29) is 6.04 Å². The lowest BCUT2D eigenvalue weighted by molar-refractivity contribution is -0.717. The van der Waals surface area contributed by atoms with Gasteiger partial charge in [0, 0.05) is 44.8 Å². The molecule has 0 saturated heterocycles. The predicted molar refractivity (Wildman–Crippen MR) is 169 cm³/mol. The van der Waals surface area contributed by atoms with Crippen LogP contribution in [0.5, 0.6) is 0 Å². The van der Waals surface area contributed by atoms with E-state index < -0.39 is 8.07 Å². The molecule has 2 aliphatic heterocycles. The van der Waals surface area contributed by atoms with Crippen LogP contribution in [0.4, 0.5) is 0 Å². The minimum Gasteiger partial charge on any atom is -0.455 e. The Hall–Kier alpha value is -4.02. The third-order valence-electron chi connectivity index (χ3n) is 8.83. The molecule has 0 fully saturated rings. The molecule has 0 N–H and O–H groups in total. The van der Waals surface area contributed by atoms with E-state index in [2.05, 4.69) is 104 Å². The molecule has 2 aliphatic rings. The number of furan rings is 1. The third kappa shape index (κ3) is 3.93. The highest BCUT2D eigenvalue weighted by atomic mass is 28.3. The van der Waals surface area contributed by atoms with Crippen LogP contribution >= 0.6 is 0 Å². The van der Waals surface area contributed by atoms with Gasteiger partial charge in [-0.15, -0.1) is 0 Å². The average molecular weight is 540 g/mol. The van der Waals surface area contributed by atoms with E-state index in [1.54, 1.807) is 0 Å². The molecule has 0 radical (unpaired) electrons. The molecule has 0 amide bonds. The van der Waals surface area contributed by atoms with E-state index in [1.165, 1.54) is 27.6 Å². The van der Waals surface area contributed by atoms with Gasteiger partial charge in [-0.05, 0) is 42.2 Å². The number of rotatable bonds is 2. The first-order valence-corrected chi connectivity index (χ1v) is 17.8. The number of hydrogen-bond donors (Lipinski definition) is 0. The van der Waals surface area contributed by atoms with Crippen molar-refractivity contribution in [2.75, 3.05) is 0 Å². The van der Waals surface area contributed by atoms with E-state index in [0.717, 1.165) is 58.2 Å². The van der Waals surface area contributed by atoms with Crippen LogP contribution in [0.2, 0.25) is 19.6 Å². The first-order valence-electron chi connectivity index (χ1n) is 14.3. The van der Waals surface area contributed by atoms with Gasteiger partial charge >= 0.3 is 0 Å². The Morgan fingerprint density at radius 3 is 2.58 bits per heavy atom. The van der Waals surface area contributed by atoms with E-state index in [4.69, 9.17) is 9.41 Å². The molecule has 40 heavy (non-hydrogen) atoms. The zero-order chi connectivity index (χ0) is 27.6. The second-order valence-corrected chi connectivity index (χ2v) is 17.4. The van der Waals surface area contributed by atoms with Crippen molar-refractivity contribution in [2.24, 2.45) is 4.99 Å². The molecular formula is C36H35N2OSi+. The molecule has 0 aliphatic carbocycles. The van der Waals surface area contributed by atoms with Gasteiger partial charge in [-0.3, -0.25) is 4.99 Å². The maximum atomic E-state index is 6.48. The summed E-state index contributed by atoms with van der Waals surface area (Å²) < 4.78 is 9.04. The van der Waals surface area contributed by atoms with Gasteiger partial charge in [0.1, 0.15) is 11.2 Å². The van der Waals surface area contributed by atoms with Crippen molar-refractivity contribution in [1.82, 2.24) is 0 Å². The minimum absolute atomic E-state index is 0.250. The summed E-state index contributed by atoms with van der Waals surface area (Å²) in [4.78, 5) is 5.15. The first-order chi connectivity index (χ1) is 19.3. The summed E-state index contributed by atoms with van der Waals surface area (Å²) in [5, 5.41) is 3.73. The number of aromatic nitrogens is 1. The Balaban J connectivity index is 1.43. The van der Waals surface area contributed by atoms with Crippen LogP contribution in [0.25, 0.3) is 33.2 Å². The molecule has 0 spiro atoms. The lowest BCUT2D eigenvalue weighted by Crippen LogP contribution is -2.52. The molecule has 2 unspecified atom stereocenters. The quantitative estimate of drug-likeness (QED) is 0.164. The molecule has 4 heteroatoms. The van der Waals surface area contributed by atoms with Crippen LogP contribution in [0.1, 0.15) is 41.5 Å². The summed E-state index contributed by atoms with van der Waals surface area (Å²) in [5.74, 6) is 0.349. The number of aliphatic imine (C=N–C) groups is 1. The van der Waals surface area contributed by atoms with Crippen molar-refractivity contribution < 1.29 is 8.98 Å². The average Bonchev–Trinajstić information content (AvgIpc) is 3.33. The van der Waals surface area contributed by atoms with Crippen LogP contribution in [0.15, 0.2) is 113 Å². The van der Waals surface area contributed by atoms with Gasteiger partial charge in [0.05, 0.1) is 20.2 Å². The Labute approximate surface area is 237 Å². The predicted octanol–water partition coefficient (Wildman–Crippen LogP) is 8.25. The molecule has 2 aromatic heterocycles. The normalized spacial score (nSPS) is 18.9. The molecular weight excluding hydrogens is 504 g/mol. The summed E-state index contributed by atoms with van der Waals surface area (Å²) in [6.45, 7) is 15.9. The summed E-state index contributed by atoms with van der Waals surface area (Å²) in [6, 6.07) is 26.7. The number of para-hydroxylation sites is 1. The van der Waals surface area contributed by atoms with Crippen molar-refractivity contribution in [1.29, 1.82) is 0 Å². The highest BCUT2D eigenvalue weighted by molar-refractivity contribution is 6.88. The SMILES string of the molecule is C=CC1=NC(=C)CC2C(CCc3ccc4c(oc5ccccc54)c31)c1ccccc1-c1ccc([Si](C)(C)C)c[n+]12. The van der Waals surface area contributed by atoms with E-state index in [9.17, 15) is 0 Å². The Bertz CT molecular complexity index is 1870. The van der Waals surface area contributed by atoms with Crippen LogP contribution in [-0.2, 0) is 6.42 Å². The highest BCUT2D eigenvalue weighted by Crippen LogP contribution is 2.44. The number of benzene rings is 3. The minimum atomic E-state index is -1.50. The number of nitrogens with zero attached hydrogens (tertiary/aromatic N) is 2. The van der Waals surface area contributed by atoms with Gasteiger partial charge in [0.15, 0.2) is 12.2 Å². The number of pyridine rings is 1. The van der Waals surface area contributed by atoms with Crippen molar-refractivity contribution in [3.8, 4) is 11.3 Å². The summed E-state index contributed by atoms with van der Waals surface area (Å²) >= 11 is 0. The fraction of sp³-hybridized carbons (Fsp3) is 0.222. The van der Waals surface area contributed by atoms with E-state index in [0.29, 0.717) is 5.92 Å². The van der Waals surface area contributed by atoms with Gasteiger partial charge in [0.2, 0.25) is 5.69 Å². The van der Waals surface area contributed by atoms with Crippen LogP contribution in [-0.4, -0.2) is 13.8 Å². The molecule has 4 heterocycles. The topological polar surface area (TPSA) is 29.4 Å². The second kappa shape index (κ2) is 9.28. The summed E-state index contributed by atoms with van der Waals surface area (Å²) in [5.41, 5.74) is 9.90. The smallest absolute Gasteiger partial charge is 0.213 e. The zero-order valence-corrected chi connectivity index (χ0v) is 24.6. The molecule has 0 saturated carbocycles. The molecule has 2 atom stereocenters. The Morgan fingerprint density at radius 2 is 1.75 bits per heavy atom. The number of aryl methyl sites for hydroxylation is 1. The number of fused-ring (bicyclic) bond motifs is 11. The Morgan fingerprint density at radius 1 is 0.950 bits per heavy atom. The van der Waals surface area contributed by atoms with E-state index >= 15 is 0 Å². The standard InChI is InChI=1S/C36H35N2OSi/c1-6-31-35-24(16-19-30-29-13-9-10-14-34(29)39-36(30)35)15-18-28-26-11-7-8-12-27(26)32-20-17-25(40(3,4)5)22-38(32)33(28)21-23(2)37-31/h6-14,16-17,19-20,22,28,33H,1-2,15,18,21H2,3-5H3/q+1. The zero-order valence-electron chi connectivity index (χ0n) is 23.6. The van der Waals surface area contributed by atoms with Gasteiger partial charge in [-0.2, -0.15) is 4.57 Å². The molecule has 7 rings (SSSR count). The molecule has 5 aromatic rings. The van der Waals surface area contributed by atoms with Crippen molar-refractivity contribution in [2.45, 2.75) is 50.9 Å². The maximum absolute atomic E-state index is 6.48. The fourth-order valence-corrected chi connectivity index (χ4v) is 7.91. The highest BCUT2D eigenvalue weighted by Gasteiger charge is 2.41. The van der Waals surface area contributed by atoms with Gasteiger partial charge in [-0.1, -0.05) is 87.4 Å². The van der Waals surface area contributed by atoms with Gasteiger partial charge in [0.25, 0.3) is 0 Å². The number of hydrogen-bond acceptors (Lipinski definition) is 2. The molecule has 3 nitrogen and oxygen atoms in total. The summed E-state index contributed by atoms with van der Waals surface area (Å²) in [6.07, 6.45) is 7.06. The van der Waals surface area contributed by atoms with E-state index in [1.807, 2.05) is 18.2 Å². The lowest BCUT2D eigenvalue weighted by atomic mass is 9.77. The molecule has 3 aromatic carbocycles. The molecule has 0 bridgehead atoms. The third-order valence-corrected chi connectivity index (χ3v) is 10.9. The van der Waals surface area contributed by atoms with Crippen molar-refractivity contribution in [3.05, 3.63) is 121 Å².